The van der Waals surface area contributed by atoms with Crippen LogP contribution in [-0.4, -0.2) is 4.98 Å². The summed E-state index contributed by atoms with van der Waals surface area (Å²) in [4.78, 5) is 4.16. The van der Waals surface area contributed by atoms with Crippen LogP contribution < -0.4 is 10.5 Å². The molecular formula is C13H14N2O. The van der Waals surface area contributed by atoms with Gasteiger partial charge in [-0.15, -0.1) is 0 Å². The maximum absolute atomic E-state index is 5.87. The number of aromatic nitrogens is 1. The van der Waals surface area contributed by atoms with Crippen LogP contribution in [0.3, 0.4) is 0 Å². The van der Waals surface area contributed by atoms with Crippen molar-refractivity contribution >= 4 is 5.69 Å². The Morgan fingerprint density at radius 3 is 2.69 bits per heavy atom. The van der Waals surface area contributed by atoms with Crippen LogP contribution in [0.1, 0.15) is 11.1 Å². The minimum Gasteiger partial charge on any atom is -0.437 e. The van der Waals surface area contributed by atoms with E-state index >= 15 is 0 Å². The number of nitrogens with two attached hydrogens (primary N) is 1. The number of hydrogen-bond acceptors (Lipinski definition) is 3. The zero-order valence-corrected chi connectivity index (χ0v) is 9.40. The Balaban J connectivity index is 2.31. The van der Waals surface area contributed by atoms with Gasteiger partial charge in [0, 0.05) is 11.8 Å². The van der Waals surface area contributed by atoms with Crippen LogP contribution in [0, 0.1) is 13.8 Å². The Morgan fingerprint density at radius 1 is 1.19 bits per heavy atom. The Bertz CT molecular complexity index is 509. The Morgan fingerprint density at radius 2 is 2.00 bits per heavy atom. The zero-order valence-electron chi connectivity index (χ0n) is 9.40. The van der Waals surface area contributed by atoms with Gasteiger partial charge in [-0.1, -0.05) is 12.1 Å². The van der Waals surface area contributed by atoms with E-state index in [1.165, 1.54) is 0 Å². The molecule has 0 aliphatic carbocycles. The van der Waals surface area contributed by atoms with Crippen molar-refractivity contribution in [2.24, 2.45) is 0 Å². The molecule has 0 bridgehead atoms. The van der Waals surface area contributed by atoms with E-state index in [9.17, 15) is 0 Å². The minimum absolute atomic E-state index is 0.595. The van der Waals surface area contributed by atoms with Gasteiger partial charge in [-0.2, -0.15) is 0 Å². The Labute approximate surface area is 94.9 Å². The van der Waals surface area contributed by atoms with Gasteiger partial charge in [0.1, 0.15) is 0 Å². The number of ether oxygens (including phenoxy) is 1. The molecule has 16 heavy (non-hydrogen) atoms. The monoisotopic (exact) mass is 214 g/mol. The number of benzene rings is 1. The fourth-order valence-electron chi connectivity index (χ4n) is 1.44. The highest BCUT2D eigenvalue weighted by Gasteiger charge is 2.05. The topological polar surface area (TPSA) is 48.1 Å². The third kappa shape index (κ3) is 2.14. The lowest BCUT2D eigenvalue weighted by Gasteiger charge is -2.09. The highest BCUT2D eigenvalue weighted by atomic mass is 16.5. The highest BCUT2D eigenvalue weighted by Crippen LogP contribution is 2.28. The van der Waals surface area contributed by atoms with Gasteiger partial charge < -0.3 is 10.5 Å². The van der Waals surface area contributed by atoms with E-state index in [0.29, 0.717) is 17.3 Å². The lowest BCUT2D eigenvalue weighted by molar-refractivity contribution is 0.461. The summed E-state index contributed by atoms with van der Waals surface area (Å²) in [7, 11) is 0. The predicted octanol–water partition coefficient (Wildman–Crippen LogP) is 3.07. The second-order valence-corrected chi connectivity index (χ2v) is 3.77. The smallest absolute Gasteiger partial charge is 0.222 e. The molecule has 0 aliphatic rings. The third-order valence-electron chi connectivity index (χ3n) is 2.33. The molecule has 0 spiro atoms. The fourth-order valence-corrected chi connectivity index (χ4v) is 1.44. The SMILES string of the molecule is Cc1ccc(Oc2ncccc2C)c(N)c1. The molecule has 0 unspecified atom stereocenters. The number of aryl methyl sites for hydroxylation is 2. The molecule has 3 nitrogen and oxygen atoms in total. The van der Waals surface area contributed by atoms with Crippen LogP contribution >= 0.6 is 0 Å². The van der Waals surface area contributed by atoms with Gasteiger partial charge in [-0.3, -0.25) is 0 Å². The van der Waals surface area contributed by atoms with Gasteiger partial charge >= 0.3 is 0 Å². The number of hydrogen-bond donors (Lipinski definition) is 1. The number of pyridine rings is 1. The standard InChI is InChI=1S/C13H14N2O/c1-9-5-6-12(11(14)8-9)16-13-10(2)4-3-7-15-13/h3-8H,14H2,1-2H3. The highest BCUT2D eigenvalue weighted by molar-refractivity contribution is 5.55. The molecule has 0 saturated heterocycles. The molecular weight excluding hydrogens is 200 g/mol. The van der Waals surface area contributed by atoms with Gasteiger partial charge in [0.05, 0.1) is 5.69 Å². The molecule has 3 heteroatoms. The average Bonchev–Trinajstić information content (AvgIpc) is 2.25. The third-order valence-corrected chi connectivity index (χ3v) is 2.33. The van der Waals surface area contributed by atoms with E-state index in [-0.39, 0.29) is 0 Å². The lowest BCUT2D eigenvalue weighted by Crippen LogP contribution is -1.95. The second-order valence-electron chi connectivity index (χ2n) is 3.77. The van der Waals surface area contributed by atoms with Crippen LogP contribution in [0.25, 0.3) is 0 Å². The molecule has 2 rings (SSSR count). The summed E-state index contributed by atoms with van der Waals surface area (Å²) >= 11 is 0. The Hall–Kier alpha value is -2.03. The van der Waals surface area contributed by atoms with E-state index in [1.54, 1.807) is 6.20 Å². The summed E-state index contributed by atoms with van der Waals surface area (Å²) in [5.74, 6) is 1.24. The van der Waals surface area contributed by atoms with Crippen LogP contribution in [-0.2, 0) is 0 Å². The summed E-state index contributed by atoms with van der Waals surface area (Å²) in [5, 5.41) is 0. The molecule has 0 fully saturated rings. The number of rotatable bonds is 2. The maximum Gasteiger partial charge on any atom is 0.222 e. The molecule has 0 radical (unpaired) electrons. The van der Waals surface area contributed by atoms with Crippen molar-refractivity contribution < 1.29 is 4.74 Å². The quantitative estimate of drug-likeness (QED) is 0.781. The van der Waals surface area contributed by atoms with E-state index in [1.807, 2.05) is 44.2 Å². The van der Waals surface area contributed by atoms with Crippen molar-refractivity contribution in [3.63, 3.8) is 0 Å². The summed E-state index contributed by atoms with van der Waals surface area (Å²) in [6.07, 6.45) is 1.70. The molecule has 1 aromatic heterocycles. The number of nitrogens with zero attached hydrogens (tertiary/aromatic N) is 1. The van der Waals surface area contributed by atoms with Crippen molar-refractivity contribution in [3.8, 4) is 11.6 Å². The van der Waals surface area contributed by atoms with E-state index in [0.717, 1.165) is 11.1 Å². The minimum atomic E-state index is 0.595. The fraction of sp³-hybridized carbons (Fsp3) is 0.154. The normalized spacial score (nSPS) is 10.1. The summed E-state index contributed by atoms with van der Waals surface area (Å²) in [6.45, 7) is 3.94. The van der Waals surface area contributed by atoms with Crippen molar-refractivity contribution in [2.75, 3.05) is 5.73 Å². The summed E-state index contributed by atoms with van der Waals surface area (Å²) in [5.41, 5.74) is 8.60. The molecule has 0 amide bonds. The van der Waals surface area contributed by atoms with Gasteiger partial charge in [0.15, 0.2) is 5.75 Å². The molecule has 0 atom stereocenters. The molecule has 0 aliphatic heterocycles. The average molecular weight is 214 g/mol. The van der Waals surface area contributed by atoms with E-state index in [4.69, 9.17) is 10.5 Å². The van der Waals surface area contributed by atoms with Crippen molar-refractivity contribution in [2.45, 2.75) is 13.8 Å². The van der Waals surface area contributed by atoms with Gasteiger partial charge in [-0.05, 0) is 37.6 Å². The van der Waals surface area contributed by atoms with Crippen LogP contribution in [0.5, 0.6) is 11.6 Å². The van der Waals surface area contributed by atoms with Crippen LogP contribution in [0.4, 0.5) is 5.69 Å². The molecule has 82 valence electrons. The maximum atomic E-state index is 5.87. The number of anilines is 1. The molecule has 2 aromatic rings. The summed E-state index contributed by atoms with van der Waals surface area (Å²) < 4.78 is 5.66. The first kappa shape index (κ1) is 10.5. The van der Waals surface area contributed by atoms with Crippen LogP contribution in [0.2, 0.25) is 0 Å². The van der Waals surface area contributed by atoms with E-state index in [2.05, 4.69) is 4.98 Å². The second kappa shape index (κ2) is 4.23. The Kier molecular flexibility index (Phi) is 2.77. The molecule has 2 N–H and O–H groups in total. The van der Waals surface area contributed by atoms with Crippen molar-refractivity contribution in [1.82, 2.24) is 4.98 Å². The lowest BCUT2D eigenvalue weighted by atomic mass is 10.2. The van der Waals surface area contributed by atoms with E-state index < -0.39 is 0 Å². The van der Waals surface area contributed by atoms with Crippen molar-refractivity contribution in [1.29, 1.82) is 0 Å². The van der Waals surface area contributed by atoms with Gasteiger partial charge in [-0.25, -0.2) is 4.98 Å². The van der Waals surface area contributed by atoms with Crippen LogP contribution in [0.15, 0.2) is 36.5 Å². The van der Waals surface area contributed by atoms with Gasteiger partial charge in [0.2, 0.25) is 5.88 Å². The van der Waals surface area contributed by atoms with Crippen molar-refractivity contribution in [3.05, 3.63) is 47.7 Å². The summed E-state index contributed by atoms with van der Waals surface area (Å²) in [6, 6.07) is 9.53. The molecule has 1 heterocycles. The number of nitrogen functional groups attached to an aromatic ring is 1. The largest absolute Gasteiger partial charge is 0.437 e. The van der Waals surface area contributed by atoms with Gasteiger partial charge in [0.25, 0.3) is 0 Å². The first-order valence-electron chi connectivity index (χ1n) is 5.12. The first-order chi connectivity index (χ1) is 7.66. The first-order valence-corrected chi connectivity index (χ1v) is 5.12. The zero-order chi connectivity index (χ0) is 11.5. The molecule has 0 saturated carbocycles. The predicted molar refractivity (Wildman–Crippen MR) is 64.6 cm³/mol. The molecule has 1 aromatic carbocycles.